The average Bonchev–Trinajstić information content (AvgIpc) is 3.21. The van der Waals surface area contributed by atoms with Crippen molar-refractivity contribution in [1.29, 1.82) is 0 Å². The van der Waals surface area contributed by atoms with E-state index >= 15 is 0 Å². The van der Waals surface area contributed by atoms with Crippen LogP contribution in [0.1, 0.15) is 110 Å². The first-order valence-corrected chi connectivity index (χ1v) is 18.0. The summed E-state index contributed by atoms with van der Waals surface area (Å²) in [7, 11) is 0. The first kappa shape index (κ1) is 35.7. The third-order valence-electron chi connectivity index (χ3n) is 8.76. The van der Waals surface area contributed by atoms with Crippen LogP contribution >= 0.6 is 11.6 Å². The Bertz CT molecular complexity index is 1360. The molecule has 2 aliphatic heterocycles. The summed E-state index contributed by atoms with van der Waals surface area (Å²) < 4.78 is 10.9. The highest BCUT2D eigenvalue weighted by Gasteiger charge is 2.31. The van der Waals surface area contributed by atoms with Gasteiger partial charge in [0.15, 0.2) is 0 Å². The molecular formula is C37H53ClN4O4. The zero-order chi connectivity index (χ0) is 32.4. The number of unbranched alkanes of at least 4 members (excludes halogenated alkanes) is 14. The van der Waals surface area contributed by atoms with Crippen molar-refractivity contribution in [3.8, 4) is 0 Å². The molecule has 0 aliphatic carbocycles. The van der Waals surface area contributed by atoms with Gasteiger partial charge in [0.2, 0.25) is 6.79 Å². The Morgan fingerprint density at radius 1 is 0.804 bits per heavy atom. The molecule has 46 heavy (non-hydrogen) atoms. The second-order valence-corrected chi connectivity index (χ2v) is 12.8. The maximum atomic E-state index is 13.7. The van der Waals surface area contributed by atoms with E-state index in [1.54, 1.807) is 18.2 Å². The van der Waals surface area contributed by atoms with Crippen LogP contribution in [0, 0.1) is 0 Å². The van der Waals surface area contributed by atoms with E-state index in [1.807, 2.05) is 24.3 Å². The largest absolute Gasteiger partial charge is 0.428 e. The minimum atomic E-state index is -0.649. The summed E-state index contributed by atoms with van der Waals surface area (Å²) in [6.45, 7) is 4.80. The van der Waals surface area contributed by atoms with Crippen LogP contribution in [0.2, 0.25) is 5.02 Å². The Morgan fingerprint density at radius 3 is 2.07 bits per heavy atom. The number of carbonyl (C=O) groups excluding carboxylic acids is 2. The average molecular weight is 653 g/mol. The lowest BCUT2D eigenvalue weighted by atomic mass is 10.0. The number of halogens is 1. The fourth-order valence-electron chi connectivity index (χ4n) is 6.19. The summed E-state index contributed by atoms with van der Waals surface area (Å²) in [5.74, 6) is 0.324. The van der Waals surface area contributed by atoms with Gasteiger partial charge < -0.3 is 19.7 Å². The van der Waals surface area contributed by atoms with Crippen molar-refractivity contribution in [1.82, 2.24) is 10.2 Å². The quantitative estimate of drug-likeness (QED) is 0.0941. The predicted octanol–water partition coefficient (Wildman–Crippen LogP) is 7.98. The first-order chi connectivity index (χ1) is 22.6. The van der Waals surface area contributed by atoms with E-state index in [9.17, 15) is 9.59 Å². The number of hydrogen-bond donors (Lipinski definition) is 1. The van der Waals surface area contributed by atoms with Gasteiger partial charge in [-0.05, 0) is 36.8 Å². The van der Waals surface area contributed by atoms with Gasteiger partial charge in [-0.15, -0.1) is 0 Å². The summed E-state index contributed by atoms with van der Waals surface area (Å²) in [5.41, 5.74) is 1.12. The lowest BCUT2D eigenvalue weighted by Crippen LogP contribution is -2.51. The lowest BCUT2D eigenvalue weighted by molar-refractivity contribution is -0.151. The van der Waals surface area contributed by atoms with E-state index in [1.165, 1.54) is 81.9 Å². The smallest absolute Gasteiger partial charge is 0.423 e. The van der Waals surface area contributed by atoms with Crippen molar-refractivity contribution in [2.75, 3.05) is 37.9 Å². The van der Waals surface area contributed by atoms with Crippen molar-refractivity contribution in [2.24, 2.45) is 4.99 Å². The van der Waals surface area contributed by atoms with E-state index in [-0.39, 0.29) is 5.97 Å². The molecule has 9 heteroatoms. The number of fused-ring (bicyclic) bond motifs is 2. The van der Waals surface area contributed by atoms with Crippen molar-refractivity contribution in [3.63, 3.8) is 0 Å². The monoisotopic (exact) mass is 652 g/mol. The van der Waals surface area contributed by atoms with Gasteiger partial charge in [-0.1, -0.05) is 121 Å². The molecular weight excluding hydrogens is 600 g/mol. The van der Waals surface area contributed by atoms with E-state index in [2.05, 4.69) is 17.1 Å². The number of carbonyl (C=O) groups is 2. The van der Waals surface area contributed by atoms with Crippen molar-refractivity contribution in [3.05, 3.63) is 58.1 Å². The minimum Gasteiger partial charge on any atom is -0.428 e. The number of esters is 1. The molecule has 2 aromatic carbocycles. The normalized spacial score (nSPS) is 14.3. The third kappa shape index (κ3) is 11.3. The number of ether oxygens (including phenoxy) is 2. The molecule has 2 aliphatic rings. The van der Waals surface area contributed by atoms with E-state index in [0.29, 0.717) is 41.7 Å². The Balaban J connectivity index is 1.20. The fraction of sp³-hybridized carbons (Fsp3) is 0.595. The number of rotatable bonds is 19. The lowest BCUT2D eigenvalue weighted by Gasteiger charge is -2.36. The van der Waals surface area contributed by atoms with Gasteiger partial charge in [-0.2, -0.15) is 0 Å². The first-order valence-electron chi connectivity index (χ1n) is 17.6. The molecule has 4 rings (SSSR count). The van der Waals surface area contributed by atoms with Gasteiger partial charge in [-0.3, -0.25) is 4.79 Å². The molecule has 2 aromatic rings. The van der Waals surface area contributed by atoms with Gasteiger partial charge in [-0.25, -0.2) is 14.7 Å². The molecule has 2 heterocycles. The Kier molecular flexibility index (Phi) is 15.7. The summed E-state index contributed by atoms with van der Waals surface area (Å²) in [4.78, 5) is 34.7. The van der Waals surface area contributed by atoms with Crippen LogP contribution in [0.15, 0.2) is 47.5 Å². The molecule has 0 saturated carbocycles. The standard InChI is InChI=1S/C37H53ClN4O4/c1-2-3-4-5-6-7-8-9-10-11-12-13-14-15-16-21-35(43)45-29-46-37(44)42-34-28-30(38)22-23-33(34)40-32-20-18-17-19-31(32)36(42)41-26-24-39-25-27-41/h17-20,22-23,28,39H,2-16,21,24-27,29H2,1H3. The maximum Gasteiger partial charge on any atom is 0.423 e. The van der Waals surface area contributed by atoms with Crippen LogP contribution in [0.25, 0.3) is 5.82 Å². The van der Waals surface area contributed by atoms with E-state index < -0.39 is 12.9 Å². The zero-order valence-corrected chi connectivity index (χ0v) is 28.5. The number of para-hydroxylation sites is 1. The van der Waals surface area contributed by atoms with Crippen LogP contribution < -0.4 is 20.8 Å². The predicted molar refractivity (Wildman–Crippen MR) is 186 cm³/mol. The van der Waals surface area contributed by atoms with Crippen LogP contribution in [0.5, 0.6) is 0 Å². The Morgan fingerprint density at radius 2 is 1.41 bits per heavy atom. The van der Waals surface area contributed by atoms with Gasteiger partial charge >= 0.3 is 12.1 Å². The molecule has 0 atom stereocenters. The Hall–Kier alpha value is -3.10. The topological polar surface area (TPSA) is 83.5 Å². The van der Waals surface area contributed by atoms with Gasteiger partial charge in [0, 0.05) is 42.8 Å². The number of nitrogens with zero attached hydrogens (tertiary/aromatic N) is 3. The molecule has 1 saturated heterocycles. The number of anilines is 1. The molecule has 8 nitrogen and oxygen atoms in total. The maximum absolute atomic E-state index is 13.7. The van der Waals surface area contributed by atoms with Crippen LogP contribution in [-0.2, 0) is 14.3 Å². The van der Waals surface area contributed by atoms with Crippen LogP contribution in [0.3, 0.4) is 0 Å². The zero-order valence-electron chi connectivity index (χ0n) is 27.7. The van der Waals surface area contributed by atoms with E-state index in [0.717, 1.165) is 42.9 Å². The molecule has 0 unspecified atom stereocenters. The number of hydrogen-bond acceptors (Lipinski definition) is 7. The van der Waals surface area contributed by atoms with E-state index in [4.69, 9.17) is 26.1 Å². The summed E-state index contributed by atoms with van der Waals surface area (Å²) in [6, 6.07) is 13.0. The highest BCUT2D eigenvalue weighted by molar-refractivity contribution is 6.31. The number of benzene rings is 2. The van der Waals surface area contributed by atoms with Crippen LogP contribution in [-0.4, -0.2) is 49.9 Å². The fourth-order valence-corrected chi connectivity index (χ4v) is 6.36. The highest BCUT2D eigenvalue weighted by atomic mass is 35.5. The molecule has 0 radical (unpaired) electrons. The molecule has 0 bridgehead atoms. The van der Waals surface area contributed by atoms with Crippen molar-refractivity contribution >= 4 is 40.9 Å². The molecule has 0 spiro atoms. The van der Waals surface area contributed by atoms with Gasteiger partial charge in [0.1, 0.15) is 5.82 Å². The summed E-state index contributed by atoms with van der Waals surface area (Å²) >= 11 is 6.40. The van der Waals surface area contributed by atoms with Crippen LogP contribution in [0.4, 0.5) is 16.2 Å². The molecule has 0 aromatic heterocycles. The molecule has 1 fully saturated rings. The number of amides is 1. The highest BCUT2D eigenvalue weighted by Crippen LogP contribution is 2.36. The van der Waals surface area contributed by atoms with Gasteiger partial charge in [0.05, 0.1) is 16.7 Å². The minimum absolute atomic E-state index is 0.322. The molecule has 1 amide bonds. The SMILES string of the molecule is CCCCCCCCCCCCCCCCCC(=O)OCOC(=O)N1C(N2CCNCC2)=c2ccccc2=Nc2ccc(Cl)cc21. The summed E-state index contributed by atoms with van der Waals surface area (Å²) in [5, 5.41) is 5.42. The summed E-state index contributed by atoms with van der Waals surface area (Å²) in [6.07, 6.45) is 18.7. The second-order valence-electron chi connectivity index (χ2n) is 12.4. The third-order valence-corrected chi connectivity index (χ3v) is 9.00. The molecule has 1 N–H and O–H groups in total. The van der Waals surface area contributed by atoms with Crippen molar-refractivity contribution < 1.29 is 19.1 Å². The van der Waals surface area contributed by atoms with Gasteiger partial charge in [0.25, 0.3) is 0 Å². The second kappa shape index (κ2) is 20.2. The Labute approximate surface area is 280 Å². The molecule has 252 valence electrons. The number of nitrogens with one attached hydrogen (secondary N) is 1. The number of piperazine rings is 1. The van der Waals surface area contributed by atoms with Crippen molar-refractivity contribution in [2.45, 2.75) is 110 Å².